The van der Waals surface area contributed by atoms with E-state index in [0.717, 1.165) is 12.6 Å². The summed E-state index contributed by atoms with van der Waals surface area (Å²) in [6.07, 6.45) is 0. The molecule has 0 bridgehead atoms. The van der Waals surface area contributed by atoms with Crippen LogP contribution in [0.2, 0.25) is 0 Å². The molecule has 0 aromatic heterocycles. The van der Waals surface area contributed by atoms with Crippen molar-refractivity contribution in [3.05, 3.63) is 29.0 Å². The molecule has 0 aliphatic heterocycles. The maximum Gasteiger partial charge on any atom is 0.218 e. The van der Waals surface area contributed by atoms with Crippen molar-refractivity contribution in [2.45, 2.75) is 6.92 Å². The minimum absolute atomic E-state index is 0.172. The lowest BCUT2D eigenvalue weighted by molar-refractivity contribution is -1.18. The van der Waals surface area contributed by atoms with E-state index < -0.39 is 4.97 Å². The quantitative estimate of drug-likeness (QED) is 0.411. The van der Waals surface area contributed by atoms with Gasteiger partial charge in [-0.2, -0.15) is 5.21 Å². The minimum Gasteiger partial charge on any atom is -0.555 e. The summed E-state index contributed by atoms with van der Waals surface area (Å²) in [7, 11) is 0.944. The number of anilines is 1. The van der Waals surface area contributed by atoms with Crippen molar-refractivity contribution >= 4 is 5.69 Å². The van der Waals surface area contributed by atoms with Crippen molar-refractivity contribution in [3.8, 4) is 5.75 Å². The molecule has 0 radical (unpaired) electrons. The van der Waals surface area contributed by atoms with Gasteiger partial charge >= 0.3 is 0 Å². The summed E-state index contributed by atoms with van der Waals surface area (Å²) in [5.41, 5.74) is 6.83. The fourth-order valence-corrected chi connectivity index (χ4v) is 0.933. The van der Waals surface area contributed by atoms with Crippen molar-refractivity contribution in [2.75, 3.05) is 12.8 Å². The van der Waals surface area contributed by atoms with Crippen LogP contribution >= 0.6 is 0 Å². The molecule has 0 aliphatic rings. The topological polar surface area (TPSA) is 78.5 Å². The third-order valence-electron chi connectivity index (χ3n) is 1.43. The zero-order valence-electron chi connectivity index (χ0n) is 7.52. The van der Waals surface area contributed by atoms with Gasteiger partial charge in [-0.05, 0) is 29.6 Å². The normalized spacial score (nSPS) is 15.1. The fourth-order valence-electron chi connectivity index (χ4n) is 0.933. The Morgan fingerprint density at radius 1 is 1.54 bits per heavy atom. The molecule has 72 valence electrons. The van der Waals surface area contributed by atoms with Crippen LogP contribution in [0, 0.1) is 12.1 Å². The van der Waals surface area contributed by atoms with Crippen LogP contribution in [0.3, 0.4) is 0 Å². The van der Waals surface area contributed by atoms with Gasteiger partial charge in [-0.25, -0.2) is 0 Å². The van der Waals surface area contributed by atoms with E-state index in [1.165, 1.54) is 6.07 Å². The van der Waals surface area contributed by atoms with Crippen molar-refractivity contribution in [1.82, 2.24) is 0 Å². The second-order valence-electron chi connectivity index (χ2n) is 2.94. The molecule has 0 aliphatic carbocycles. The van der Waals surface area contributed by atoms with Gasteiger partial charge in [0.25, 0.3) is 0 Å². The molecule has 0 saturated carbocycles. The lowest BCUT2D eigenvalue weighted by Crippen LogP contribution is -2.37. The summed E-state index contributed by atoms with van der Waals surface area (Å²) in [5.74, 6) is 0.172. The van der Waals surface area contributed by atoms with Gasteiger partial charge in [0.15, 0.2) is 0 Å². The summed E-state index contributed by atoms with van der Waals surface area (Å²) in [5, 5.41) is 19.5. The monoisotopic (exact) mass is 184 g/mol. The highest BCUT2D eigenvalue weighted by Crippen LogP contribution is 2.23. The molecule has 0 saturated heterocycles. The van der Waals surface area contributed by atoms with Crippen molar-refractivity contribution in [2.24, 2.45) is 0 Å². The molecule has 1 aromatic rings. The predicted octanol–water partition coefficient (Wildman–Crippen LogP) is 1.20. The number of aryl methyl sites for hydroxylation is 1. The maximum absolute atomic E-state index is 10.7. The van der Waals surface area contributed by atoms with Gasteiger partial charge < -0.3 is 10.9 Å². The summed E-state index contributed by atoms with van der Waals surface area (Å²) in [6, 6.07) is 4.93. The van der Waals surface area contributed by atoms with Gasteiger partial charge in [0.2, 0.25) is 5.75 Å². The zero-order valence-corrected chi connectivity index (χ0v) is 7.52. The number of hydrogen-bond acceptors (Lipinski definition) is 4. The molecule has 5 nitrogen and oxygen atoms in total. The summed E-state index contributed by atoms with van der Waals surface area (Å²) < 4.78 is 0. The lowest BCUT2D eigenvalue weighted by Gasteiger charge is -2.25. The predicted molar refractivity (Wildman–Crippen MR) is 47.6 cm³/mol. The molecule has 1 unspecified atom stereocenters. The second kappa shape index (κ2) is 3.21. The van der Waals surface area contributed by atoms with E-state index in [-0.39, 0.29) is 5.75 Å². The largest absolute Gasteiger partial charge is 0.555 e. The van der Waals surface area contributed by atoms with Gasteiger partial charge in [0, 0.05) is 0 Å². The van der Waals surface area contributed by atoms with Crippen LogP contribution in [-0.2, 0) is 0 Å². The van der Waals surface area contributed by atoms with E-state index in [1.807, 2.05) is 6.92 Å². The number of quaternary nitrogens is 1. The highest BCUT2D eigenvalue weighted by atomic mass is 17.1. The standard InChI is InChI=1S/C8H12N2O3/c1-6-3-4-8(7(9)5-6)13-10(2,11)12/h3-5,11H,9H2,1-2H3. The Bertz CT molecular complexity index is 307. The van der Waals surface area contributed by atoms with Crippen LogP contribution in [0.25, 0.3) is 0 Å². The molecule has 5 heteroatoms. The smallest absolute Gasteiger partial charge is 0.218 e. The molecule has 13 heavy (non-hydrogen) atoms. The van der Waals surface area contributed by atoms with Gasteiger partial charge in [0.1, 0.15) is 7.05 Å². The summed E-state index contributed by atoms with van der Waals surface area (Å²) in [6.45, 7) is 1.87. The van der Waals surface area contributed by atoms with E-state index in [4.69, 9.17) is 10.9 Å². The molecule has 0 fully saturated rings. The van der Waals surface area contributed by atoms with Crippen molar-refractivity contribution in [3.63, 3.8) is 0 Å². The molecular weight excluding hydrogens is 172 g/mol. The van der Waals surface area contributed by atoms with Crippen LogP contribution in [0.5, 0.6) is 5.75 Å². The number of nitrogens with two attached hydrogens (primary N) is 1. The van der Waals surface area contributed by atoms with Crippen molar-refractivity contribution in [1.29, 1.82) is 0 Å². The fraction of sp³-hybridized carbons (Fsp3) is 0.250. The molecule has 1 rings (SSSR count). The Balaban J connectivity index is 2.90. The average Bonchev–Trinajstić information content (AvgIpc) is 1.93. The van der Waals surface area contributed by atoms with E-state index in [9.17, 15) is 5.21 Å². The van der Waals surface area contributed by atoms with Crippen LogP contribution in [0.4, 0.5) is 5.69 Å². The lowest BCUT2D eigenvalue weighted by atomic mass is 10.2. The molecule has 0 heterocycles. The Kier molecular flexibility index (Phi) is 2.42. The minimum atomic E-state index is -1.84. The molecule has 3 N–H and O–H groups in total. The first-order chi connectivity index (χ1) is 5.88. The van der Waals surface area contributed by atoms with Crippen LogP contribution in [0.15, 0.2) is 18.2 Å². The molecule has 0 amide bonds. The Morgan fingerprint density at radius 2 is 2.15 bits per heavy atom. The maximum atomic E-state index is 10.7. The number of nitrogens with zero attached hydrogens (tertiary/aromatic N) is 1. The molecule has 1 atom stereocenters. The van der Waals surface area contributed by atoms with Gasteiger partial charge in [-0.1, -0.05) is 6.07 Å². The zero-order chi connectivity index (χ0) is 10.1. The number of hydroxylamine groups is 3. The third-order valence-corrected chi connectivity index (χ3v) is 1.43. The highest BCUT2D eigenvalue weighted by Gasteiger charge is 2.11. The van der Waals surface area contributed by atoms with Crippen LogP contribution < -0.4 is 10.6 Å². The summed E-state index contributed by atoms with van der Waals surface area (Å²) in [4.78, 5) is 2.76. The van der Waals surface area contributed by atoms with Gasteiger partial charge in [-0.15, -0.1) is 0 Å². The molecule has 0 spiro atoms. The second-order valence-corrected chi connectivity index (χ2v) is 2.94. The van der Waals surface area contributed by atoms with Gasteiger partial charge in [-0.3, -0.25) is 4.84 Å². The first-order valence-corrected chi connectivity index (χ1v) is 3.74. The molecular formula is C8H12N2O3. The van der Waals surface area contributed by atoms with E-state index in [1.54, 1.807) is 12.1 Å². The van der Waals surface area contributed by atoms with E-state index in [0.29, 0.717) is 5.69 Å². The highest BCUT2D eigenvalue weighted by molar-refractivity contribution is 5.53. The number of nitrogen functional groups attached to an aromatic ring is 1. The van der Waals surface area contributed by atoms with E-state index >= 15 is 0 Å². The SMILES string of the molecule is Cc1ccc(O[N+](C)([O-])O)c(N)c1. The first kappa shape index (κ1) is 9.79. The van der Waals surface area contributed by atoms with Crippen LogP contribution in [-0.4, -0.2) is 17.2 Å². The Labute approximate surface area is 76.0 Å². The van der Waals surface area contributed by atoms with E-state index in [2.05, 4.69) is 4.84 Å². The third kappa shape index (κ3) is 2.90. The number of rotatable bonds is 2. The summed E-state index contributed by atoms with van der Waals surface area (Å²) >= 11 is 0. The molecule has 1 aromatic carbocycles. The Hall–Kier alpha value is -1.30. The Morgan fingerprint density at radius 3 is 2.62 bits per heavy atom. The van der Waals surface area contributed by atoms with Gasteiger partial charge in [0.05, 0.1) is 5.69 Å². The first-order valence-electron chi connectivity index (χ1n) is 3.74. The van der Waals surface area contributed by atoms with Crippen molar-refractivity contribution < 1.29 is 15.0 Å². The average molecular weight is 184 g/mol. The number of hydrogen-bond donors (Lipinski definition) is 2. The van der Waals surface area contributed by atoms with Crippen LogP contribution in [0.1, 0.15) is 5.56 Å². The number of benzene rings is 1.